The predicted octanol–water partition coefficient (Wildman–Crippen LogP) is 8.32. The molecule has 1 aliphatic carbocycles. The zero-order valence-corrected chi connectivity index (χ0v) is 51.1. The number of halogens is 4. The number of carbonyl (C=O) groups excluding carboxylic acids is 3. The number of piperazine rings is 1. The summed E-state index contributed by atoms with van der Waals surface area (Å²) in [6.45, 7) is 15.1. The summed E-state index contributed by atoms with van der Waals surface area (Å²) >= 11 is 7.71. The molecule has 2 heterocycles. The van der Waals surface area contributed by atoms with Gasteiger partial charge in [0.05, 0.1) is 62.2 Å². The second kappa shape index (κ2) is 30.4. The van der Waals surface area contributed by atoms with E-state index in [0.29, 0.717) is 134 Å². The van der Waals surface area contributed by atoms with Crippen LogP contribution < -0.4 is 20.3 Å². The van der Waals surface area contributed by atoms with E-state index in [0.717, 1.165) is 33.9 Å². The first-order valence-electron chi connectivity index (χ1n) is 27.9. The van der Waals surface area contributed by atoms with Crippen molar-refractivity contribution in [3.8, 4) is 0 Å². The molecule has 0 bridgehead atoms. The minimum Gasteiger partial charge on any atom is -0.458 e. The van der Waals surface area contributed by atoms with Crippen LogP contribution in [-0.4, -0.2) is 179 Å². The van der Waals surface area contributed by atoms with E-state index in [1.54, 1.807) is 32.9 Å². The second-order valence-electron chi connectivity index (χ2n) is 22.0. The van der Waals surface area contributed by atoms with Gasteiger partial charge < -0.3 is 39.2 Å². The molecule has 18 nitrogen and oxygen atoms in total. The van der Waals surface area contributed by atoms with E-state index in [1.165, 1.54) is 29.5 Å². The van der Waals surface area contributed by atoms with Gasteiger partial charge in [-0.15, -0.1) is 11.8 Å². The van der Waals surface area contributed by atoms with Crippen LogP contribution in [0.2, 0.25) is 5.02 Å². The van der Waals surface area contributed by atoms with Gasteiger partial charge in [0.1, 0.15) is 17.1 Å². The van der Waals surface area contributed by atoms with Crippen molar-refractivity contribution in [1.82, 2.24) is 19.8 Å². The number of anilines is 2. The maximum atomic E-state index is 14.3. The van der Waals surface area contributed by atoms with Gasteiger partial charge in [-0.25, -0.2) is 26.4 Å². The first-order chi connectivity index (χ1) is 39.9. The van der Waals surface area contributed by atoms with Crippen LogP contribution in [0, 0.1) is 5.41 Å². The van der Waals surface area contributed by atoms with Gasteiger partial charge >= 0.3 is 11.5 Å². The number of nitrogens with one attached hydrogen (secondary N) is 3. The molecule has 0 radical (unpaired) electrons. The number of allylic oxidation sites excluding steroid dienone is 1. The van der Waals surface area contributed by atoms with Crippen LogP contribution in [0.5, 0.6) is 0 Å². The zero-order chi connectivity index (χ0) is 60.5. The lowest BCUT2D eigenvalue weighted by molar-refractivity contribution is -0.160. The van der Waals surface area contributed by atoms with Crippen molar-refractivity contribution in [3.05, 3.63) is 119 Å². The van der Waals surface area contributed by atoms with Crippen LogP contribution in [-0.2, 0) is 53.1 Å². The van der Waals surface area contributed by atoms with Gasteiger partial charge in [-0.05, 0) is 124 Å². The topological polar surface area (TPSA) is 211 Å². The van der Waals surface area contributed by atoms with E-state index < -0.39 is 69.8 Å². The molecule has 2 atom stereocenters. The third-order valence-electron chi connectivity index (χ3n) is 14.4. The number of esters is 1. The molecule has 25 heteroatoms. The van der Waals surface area contributed by atoms with Crippen LogP contribution in [0.15, 0.2) is 117 Å². The molecule has 0 spiro atoms. The Morgan fingerprint density at radius 1 is 0.798 bits per heavy atom. The quantitative estimate of drug-likeness (QED) is 0.0277. The second-order valence-corrected chi connectivity index (χ2v) is 27.1. The highest BCUT2D eigenvalue weighted by Gasteiger charge is 2.49. The fraction of sp³-hybridized carbons (Fsp3) is 0.508. The SMILES string of the molecule is CC(C)(C)OC(=O)COCCOCCOCCNC(=O)C1(C)CCC(c2ccc(Cl)cc2)=C(CN2CCN(c3ccc(C(=O)NS(=O)(=O)c4ccc(N[C@H](CCN5CCOCC5)CSc5ccccc5)c(S(=O)(=O)C(F)(F)F)c4)cc3)CC2)C1. The highest BCUT2D eigenvalue weighted by Crippen LogP contribution is 2.44. The highest BCUT2D eigenvalue weighted by atomic mass is 35.5. The Morgan fingerprint density at radius 3 is 2.11 bits per heavy atom. The van der Waals surface area contributed by atoms with E-state index >= 15 is 0 Å². The molecule has 0 aromatic heterocycles. The van der Waals surface area contributed by atoms with Crippen LogP contribution in [0.3, 0.4) is 0 Å². The van der Waals surface area contributed by atoms with Crippen LogP contribution in [0.4, 0.5) is 24.5 Å². The standard InChI is InChI=1S/C59H76ClF3N6O12S3/c1-57(2,3)81-54(70)41-80-37-36-79-35-34-77-31-23-64-56(72)58(4)22-20-51(43-10-14-46(60)15-11-43)45(39-58)40-68-25-27-69(28-26-68)48-16-12-44(13-17-48)55(71)66-84(75,76)50-18-19-52(53(38-50)83(73,74)59(61,62)63)65-47(21-24-67-29-32-78-33-30-67)42-82-49-8-6-5-7-9-49/h5-19,38,47,65H,20-37,39-42H2,1-4H3,(H,64,72)(H,66,71)/t47-,58?/m1/s1. The lowest BCUT2D eigenvalue weighted by Gasteiger charge is -2.40. The number of ether oxygens (including phenoxy) is 5. The summed E-state index contributed by atoms with van der Waals surface area (Å²) < 4.78 is 126. The Balaban J connectivity index is 0.925. The molecule has 1 unspecified atom stereocenters. The number of morpholine rings is 1. The molecule has 0 saturated carbocycles. The van der Waals surface area contributed by atoms with Crippen molar-refractivity contribution < 1.29 is 68.1 Å². The number of benzene rings is 4. The molecule has 7 rings (SSSR count). The monoisotopic (exact) mass is 1250 g/mol. The van der Waals surface area contributed by atoms with E-state index in [4.69, 9.17) is 35.3 Å². The number of hydrogen-bond acceptors (Lipinski definition) is 17. The van der Waals surface area contributed by atoms with E-state index in [1.807, 2.05) is 66.2 Å². The molecule has 2 saturated heterocycles. The Hall–Kier alpha value is -5.28. The van der Waals surface area contributed by atoms with Crippen LogP contribution >= 0.6 is 23.4 Å². The third kappa shape index (κ3) is 19.6. The molecule has 3 N–H and O–H groups in total. The number of sulfonamides is 1. The lowest BCUT2D eigenvalue weighted by atomic mass is 9.70. The molecule has 84 heavy (non-hydrogen) atoms. The molecule has 3 aliphatic rings. The van der Waals surface area contributed by atoms with Crippen LogP contribution in [0.25, 0.3) is 5.57 Å². The average Bonchev–Trinajstić information content (AvgIpc) is 1.48. The molecule has 2 fully saturated rings. The molecule has 4 aromatic carbocycles. The Labute approximate surface area is 500 Å². The van der Waals surface area contributed by atoms with Crippen molar-refractivity contribution in [2.75, 3.05) is 128 Å². The number of carbonyl (C=O) groups is 3. The summed E-state index contributed by atoms with van der Waals surface area (Å²) in [5.74, 6) is -1.22. The first-order valence-corrected chi connectivity index (χ1v) is 32.3. The summed E-state index contributed by atoms with van der Waals surface area (Å²) in [7, 11) is -11.0. The average molecular weight is 1250 g/mol. The summed E-state index contributed by atoms with van der Waals surface area (Å²) in [5, 5.41) is 6.68. The van der Waals surface area contributed by atoms with Crippen LogP contribution in [0.1, 0.15) is 69.3 Å². The smallest absolute Gasteiger partial charge is 0.458 e. The van der Waals surface area contributed by atoms with Gasteiger partial charge in [0, 0.05) is 91.9 Å². The minimum atomic E-state index is -6.10. The van der Waals surface area contributed by atoms with Gasteiger partial charge in [0.15, 0.2) is 0 Å². The third-order valence-corrected chi connectivity index (χ3v) is 18.7. The van der Waals surface area contributed by atoms with E-state index in [9.17, 15) is 44.4 Å². The predicted molar refractivity (Wildman–Crippen MR) is 318 cm³/mol. The molecule has 460 valence electrons. The van der Waals surface area contributed by atoms with Crippen molar-refractivity contribution >= 4 is 78.0 Å². The number of amides is 2. The highest BCUT2D eigenvalue weighted by molar-refractivity contribution is 7.99. The summed E-state index contributed by atoms with van der Waals surface area (Å²) in [6.07, 6.45) is 2.30. The fourth-order valence-corrected chi connectivity index (χ4v) is 13.1. The number of thioether (sulfide) groups is 1. The lowest BCUT2D eigenvalue weighted by Crippen LogP contribution is -2.48. The van der Waals surface area contributed by atoms with Gasteiger partial charge in [-0.3, -0.25) is 19.4 Å². The fourth-order valence-electron chi connectivity index (χ4n) is 9.93. The maximum Gasteiger partial charge on any atom is 0.501 e. The molecular weight excluding hydrogens is 1170 g/mol. The van der Waals surface area contributed by atoms with Crippen molar-refractivity contribution in [1.29, 1.82) is 0 Å². The summed E-state index contributed by atoms with van der Waals surface area (Å²) in [5.41, 5.74) is -3.34. The summed E-state index contributed by atoms with van der Waals surface area (Å²) in [4.78, 5) is 44.5. The number of sulfone groups is 1. The first kappa shape index (κ1) is 66.2. The normalized spacial score (nSPS) is 18.1. The summed E-state index contributed by atoms with van der Waals surface area (Å²) in [6, 6.07) is 25.1. The van der Waals surface area contributed by atoms with Gasteiger partial charge in [0.2, 0.25) is 5.91 Å². The zero-order valence-electron chi connectivity index (χ0n) is 47.8. The van der Waals surface area contributed by atoms with Gasteiger partial charge in [0.25, 0.3) is 25.8 Å². The minimum absolute atomic E-state index is 0.0537. The number of hydrogen-bond donors (Lipinski definition) is 3. The molecule has 2 amide bonds. The largest absolute Gasteiger partial charge is 0.501 e. The van der Waals surface area contributed by atoms with E-state index in [2.05, 4.69) is 25.3 Å². The Kier molecular flexibility index (Phi) is 24.0. The Bertz CT molecular complexity index is 3090. The number of alkyl halides is 3. The van der Waals surface area contributed by atoms with E-state index in [-0.39, 0.29) is 31.3 Å². The number of nitrogens with zero attached hydrogens (tertiary/aromatic N) is 3. The maximum absolute atomic E-state index is 14.3. The Morgan fingerprint density at radius 2 is 1.45 bits per heavy atom. The molecule has 2 aliphatic heterocycles. The number of rotatable bonds is 28. The van der Waals surface area contributed by atoms with Crippen molar-refractivity contribution in [2.24, 2.45) is 5.41 Å². The molecule has 4 aromatic rings. The molecular formula is C59H76ClF3N6O12S3. The van der Waals surface area contributed by atoms with Gasteiger partial charge in [-0.2, -0.15) is 13.2 Å². The van der Waals surface area contributed by atoms with Crippen molar-refractivity contribution in [2.45, 2.75) is 85.2 Å². The van der Waals surface area contributed by atoms with Crippen molar-refractivity contribution in [3.63, 3.8) is 0 Å². The van der Waals surface area contributed by atoms with Gasteiger partial charge in [-0.1, -0.05) is 54.4 Å².